The fraction of sp³-hybridized carbons (Fsp3) is 0.429. The SMILES string of the molecule is CCC(CC)C(=O)/C=C(\O)C(CC)CC.Cc1ccc2c(C(C)C)cc(-c3nccc4c3sc3c(C)c([Si](C)(C)C)ccc34)[c-]c2c1.[Ir]. The molecule has 3 nitrogen and oxygen atoms in total. The molecule has 0 bridgehead atoms. The van der Waals surface area contributed by atoms with Crippen LogP contribution < -0.4 is 5.19 Å². The quantitative estimate of drug-likeness (QED) is 0.0659. The molecule has 6 heteroatoms. The molecule has 0 fully saturated rings. The fourth-order valence-electron chi connectivity index (χ4n) is 6.72. The Morgan fingerprint density at radius 2 is 1.48 bits per heavy atom. The molecule has 5 aromatic rings. The Balaban J connectivity index is 0.000000334. The topological polar surface area (TPSA) is 50.2 Å². The van der Waals surface area contributed by atoms with Crippen molar-refractivity contribution in [3.8, 4) is 11.3 Å². The number of aliphatic hydroxyl groups is 1. The van der Waals surface area contributed by atoms with Crippen LogP contribution >= 0.6 is 11.3 Å². The number of ketones is 1. The molecule has 2 heterocycles. The number of hydrogen-bond donors (Lipinski definition) is 1. The van der Waals surface area contributed by atoms with Crippen molar-refractivity contribution in [2.75, 3.05) is 0 Å². The second-order valence-electron chi connectivity index (χ2n) is 14.3. The van der Waals surface area contributed by atoms with Gasteiger partial charge in [0, 0.05) is 64.7 Å². The molecule has 0 aliphatic rings. The van der Waals surface area contributed by atoms with Gasteiger partial charge in [0.1, 0.15) is 0 Å². The van der Waals surface area contributed by atoms with Crippen LogP contribution in [0.1, 0.15) is 89.8 Å². The predicted molar refractivity (Wildman–Crippen MR) is 209 cm³/mol. The number of allylic oxidation sites excluding steroid dienone is 2. The van der Waals surface area contributed by atoms with Crippen molar-refractivity contribution < 1.29 is 30.0 Å². The van der Waals surface area contributed by atoms with Gasteiger partial charge in [-0.2, -0.15) is 0 Å². The van der Waals surface area contributed by atoms with E-state index in [1.807, 2.05) is 45.2 Å². The number of nitrogens with zero attached hydrogens (tertiary/aromatic N) is 1. The minimum absolute atomic E-state index is 0. The van der Waals surface area contributed by atoms with E-state index in [2.05, 4.69) is 95.9 Å². The number of hydrogen-bond acceptors (Lipinski definition) is 4. The van der Waals surface area contributed by atoms with Crippen LogP contribution in [0.15, 0.2) is 60.5 Å². The maximum absolute atomic E-state index is 11.7. The summed E-state index contributed by atoms with van der Waals surface area (Å²) in [6.07, 6.45) is 6.87. The second kappa shape index (κ2) is 16.9. The van der Waals surface area contributed by atoms with Crippen molar-refractivity contribution in [1.82, 2.24) is 4.98 Å². The molecule has 0 atom stereocenters. The van der Waals surface area contributed by atoms with E-state index in [9.17, 15) is 9.90 Å². The van der Waals surface area contributed by atoms with Crippen molar-refractivity contribution in [2.45, 2.75) is 107 Å². The largest absolute Gasteiger partial charge is 0.512 e. The van der Waals surface area contributed by atoms with Crippen LogP contribution in [-0.4, -0.2) is 23.9 Å². The summed E-state index contributed by atoms with van der Waals surface area (Å²) < 4.78 is 2.69. The van der Waals surface area contributed by atoms with Crippen LogP contribution in [-0.2, 0) is 24.9 Å². The number of aliphatic hydroxyl groups excluding tert-OH is 1. The molecule has 2 aromatic heterocycles. The molecule has 0 saturated heterocycles. The average molecular weight is 857 g/mol. The van der Waals surface area contributed by atoms with Crippen molar-refractivity contribution in [1.29, 1.82) is 0 Å². The zero-order valence-electron chi connectivity index (χ0n) is 30.8. The van der Waals surface area contributed by atoms with Gasteiger partial charge in [-0.15, -0.1) is 40.5 Å². The molecule has 1 N–H and O–H groups in total. The fourth-order valence-corrected chi connectivity index (χ4v) is 9.94. The zero-order valence-corrected chi connectivity index (χ0v) is 35.0. The molecule has 5 rings (SSSR count). The summed E-state index contributed by atoms with van der Waals surface area (Å²) in [6.45, 7) is 24.4. The van der Waals surface area contributed by atoms with Crippen molar-refractivity contribution >= 4 is 61.3 Å². The van der Waals surface area contributed by atoms with E-state index < -0.39 is 8.07 Å². The molecular weight excluding hydrogens is 803 g/mol. The number of carbonyl (C=O) groups is 1. The molecule has 48 heavy (non-hydrogen) atoms. The number of carbonyl (C=O) groups excluding carboxylic acids is 1. The van der Waals surface area contributed by atoms with Gasteiger partial charge in [-0.1, -0.05) is 107 Å². The van der Waals surface area contributed by atoms with Gasteiger partial charge in [0.05, 0.1) is 13.8 Å². The first-order chi connectivity index (χ1) is 22.2. The van der Waals surface area contributed by atoms with Gasteiger partial charge in [-0.05, 0) is 62.5 Å². The van der Waals surface area contributed by atoms with Crippen molar-refractivity contribution in [2.24, 2.45) is 11.8 Å². The normalized spacial score (nSPS) is 12.2. The van der Waals surface area contributed by atoms with E-state index >= 15 is 0 Å². The van der Waals surface area contributed by atoms with E-state index in [-0.39, 0.29) is 43.5 Å². The monoisotopic (exact) mass is 857 g/mol. The summed E-state index contributed by atoms with van der Waals surface area (Å²) in [5, 5.41) is 16.5. The number of fused-ring (bicyclic) bond motifs is 4. The molecule has 259 valence electrons. The van der Waals surface area contributed by atoms with Gasteiger partial charge >= 0.3 is 0 Å². The van der Waals surface area contributed by atoms with Crippen molar-refractivity contribution in [3.05, 3.63) is 83.3 Å². The Bertz CT molecular complexity index is 1910. The molecule has 0 spiro atoms. The Morgan fingerprint density at radius 3 is 2.06 bits per heavy atom. The maximum atomic E-state index is 11.7. The minimum atomic E-state index is -1.39. The van der Waals surface area contributed by atoms with Gasteiger partial charge in [0.25, 0.3) is 0 Å². The summed E-state index contributed by atoms with van der Waals surface area (Å²) in [6, 6.07) is 19.6. The van der Waals surface area contributed by atoms with E-state index in [4.69, 9.17) is 4.98 Å². The zero-order chi connectivity index (χ0) is 34.6. The average Bonchev–Trinajstić information content (AvgIpc) is 3.41. The minimum Gasteiger partial charge on any atom is -0.512 e. The third-order valence-corrected chi connectivity index (χ3v) is 13.1. The smallest absolute Gasteiger partial charge is 0.162 e. The van der Waals surface area contributed by atoms with Crippen molar-refractivity contribution in [3.63, 3.8) is 0 Å². The Morgan fingerprint density at radius 1 is 0.875 bits per heavy atom. The van der Waals surface area contributed by atoms with Gasteiger partial charge in [-0.3, -0.25) is 9.78 Å². The van der Waals surface area contributed by atoms with Gasteiger partial charge in [-0.25, -0.2) is 0 Å². The Labute approximate surface area is 307 Å². The standard InChI is InChI=1S/C29H30NSSi.C13H24O2.Ir/c1-17(2)25-16-21(15-20-14-18(3)8-9-22(20)25)27-29-24(12-13-30-27)23-10-11-26(32(5,6)7)19(4)28(23)31-29;1-5-10(6-2)12(14)9-13(15)11(7-3)8-4;/h8-14,16-17H,1-7H3;9-11,14H,5-8H2,1-4H3;/q-1;;/b;12-9-;. The second-order valence-corrected chi connectivity index (χ2v) is 20.4. The molecule has 1 radical (unpaired) electrons. The summed E-state index contributed by atoms with van der Waals surface area (Å²) in [7, 11) is -1.39. The molecule has 0 unspecified atom stereocenters. The van der Waals surface area contributed by atoms with Crippen LogP contribution in [0.25, 0.3) is 42.2 Å². The molecule has 0 aliphatic heterocycles. The number of thiophene rings is 1. The molecule has 3 aromatic carbocycles. The molecule has 0 saturated carbocycles. The predicted octanol–water partition coefficient (Wildman–Crippen LogP) is 12.2. The third kappa shape index (κ3) is 8.56. The summed E-state index contributed by atoms with van der Waals surface area (Å²) in [4.78, 5) is 16.6. The maximum Gasteiger partial charge on any atom is 0.162 e. The van der Waals surface area contributed by atoms with Gasteiger partial charge < -0.3 is 5.11 Å². The summed E-state index contributed by atoms with van der Waals surface area (Å²) >= 11 is 1.90. The first kappa shape index (κ1) is 39.8. The van der Waals surface area contributed by atoms with Crippen LogP contribution in [0, 0.1) is 31.7 Å². The molecular formula is C42H54IrNO2SSi-. The van der Waals surface area contributed by atoms with Crippen LogP contribution in [0.4, 0.5) is 0 Å². The third-order valence-electron chi connectivity index (χ3n) is 9.63. The van der Waals surface area contributed by atoms with E-state index in [1.54, 1.807) is 5.19 Å². The number of aromatic nitrogens is 1. The number of pyridine rings is 1. The Hall–Kier alpha value is -2.63. The summed E-state index contributed by atoms with van der Waals surface area (Å²) in [5.74, 6) is 0.989. The Kier molecular flexibility index (Phi) is 14.0. The summed E-state index contributed by atoms with van der Waals surface area (Å²) in [5.41, 5.74) is 6.25. The first-order valence-corrected chi connectivity index (χ1v) is 21.8. The molecule has 0 aliphatic carbocycles. The van der Waals surface area contributed by atoms with Crippen LogP contribution in [0.5, 0.6) is 0 Å². The number of aryl methyl sites for hydroxylation is 2. The van der Waals surface area contributed by atoms with E-state index in [0.717, 1.165) is 36.9 Å². The number of rotatable bonds is 10. The van der Waals surface area contributed by atoms with Gasteiger partial charge in [0.15, 0.2) is 5.78 Å². The van der Waals surface area contributed by atoms with Gasteiger partial charge in [0.2, 0.25) is 0 Å². The van der Waals surface area contributed by atoms with E-state index in [0.29, 0.717) is 5.92 Å². The van der Waals surface area contributed by atoms with Crippen LogP contribution in [0.2, 0.25) is 19.6 Å². The molecule has 0 amide bonds. The van der Waals surface area contributed by atoms with Crippen LogP contribution in [0.3, 0.4) is 0 Å². The van der Waals surface area contributed by atoms with E-state index in [1.165, 1.54) is 53.7 Å². The number of benzene rings is 3. The first-order valence-electron chi connectivity index (χ1n) is 17.5.